The zero-order valence-electron chi connectivity index (χ0n) is 20.0. The number of rotatable bonds is 8. The first kappa shape index (κ1) is 24.5. The van der Waals surface area contributed by atoms with Crippen LogP contribution < -0.4 is 10.1 Å². The number of carbonyl (C=O) groups is 3. The summed E-state index contributed by atoms with van der Waals surface area (Å²) in [7, 11) is 0.0173. The molecule has 0 bridgehead atoms. The smallest absolute Gasteiger partial charge is 0.355 e. The van der Waals surface area contributed by atoms with Gasteiger partial charge in [-0.05, 0) is 35.4 Å². The number of esters is 1. The molecule has 0 radical (unpaired) electrons. The van der Waals surface area contributed by atoms with Crippen LogP contribution in [-0.4, -0.2) is 56.2 Å². The third-order valence-electron chi connectivity index (χ3n) is 6.30. The van der Waals surface area contributed by atoms with Gasteiger partial charge in [0.15, 0.2) is 0 Å². The molecule has 1 fully saturated rings. The summed E-state index contributed by atoms with van der Waals surface area (Å²) in [5, 5.41) is 1.85. The first-order valence-electron chi connectivity index (χ1n) is 11.7. The molecule has 37 heavy (non-hydrogen) atoms. The highest BCUT2D eigenvalue weighted by Gasteiger charge is 2.57. The van der Waals surface area contributed by atoms with Crippen LogP contribution in [-0.2, 0) is 42.9 Å². The van der Waals surface area contributed by atoms with Gasteiger partial charge < -0.3 is 19.8 Å². The van der Waals surface area contributed by atoms with Crippen LogP contribution in [0.3, 0.4) is 0 Å². The summed E-state index contributed by atoms with van der Waals surface area (Å²) in [5.41, 5.74) is 2.59. The number of β-lactam (4-membered cyclic amide) rings is 1. The molecule has 1 aromatic heterocycles. The van der Waals surface area contributed by atoms with Gasteiger partial charge in [0.25, 0.3) is 5.91 Å². The molecule has 2 aliphatic heterocycles. The Hall–Kier alpha value is -4.18. The van der Waals surface area contributed by atoms with E-state index >= 15 is 0 Å². The minimum absolute atomic E-state index is 0.0165. The van der Waals surface area contributed by atoms with Crippen molar-refractivity contribution in [1.29, 1.82) is 0 Å². The minimum Gasteiger partial charge on any atom is -0.497 e. The van der Waals surface area contributed by atoms with E-state index in [0.717, 1.165) is 11.1 Å². The highest BCUT2D eigenvalue weighted by molar-refractivity contribution is 7.86. The Morgan fingerprint density at radius 3 is 2.49 bits per heavy atom. The van der Waals surface area contributed by atoms with Gasteiger partial charge in [0, 0.05) is 17.5 Å². The number of hydrogen-bond donors (Lipinski definition) is 2. The predicted octanol–water partition coefficient (Wildman–Crippen LogP) is 2.14. The van der Waals surface area contributed by atoms with Crippen molar-refractivity contribution in [3.8, 4) is 5.75 Å². The second-order valence-corrected chi connectivity index (χ2v) is 10.2. The fourth-order valence-corrected chi connectivity index (χ4v) is 6.11. The van der Waals surface area contributed by atoms with Crippen LogP contribution in [0.2, 0.25) is 0 Å². The zero-order valence-corrected chi connectivity index (χ0v) is 20.8. The first-order chi connectivity index (χ1) is 18.0. The maximum atomic E-state index is 13.3. The molecule has 2 N–H and O–H groups in total. The van der Waals surface area contributed by atoms with Crippen molar-refractivity contribution in [2.75, 3.05) is 12.9 Å². The standard InChI is InChI=1S/C27H25N3O6S/c1-35-19-11-9-18(10-12-19)15-36-27(33)24-20(21-8-5-13-28-21)16-37(34)26-23(25(32)30(24)26)29-22(31)14-17-6-3-2-4-7-17/h2-13,23,26,28H,14-16H2,1H3,(H,29,31)/t23-,26-,37+/m1/s1. The molecule has 0 saturated carbocycles. The van der Waals surface area contributed by atoms with Gasteiger partial charge in [-0.25, -0.2) is 4.79 Å². The Bertz CT molecular complexity index is 1370. The van der Waals surface area contributed by atoms with Crippen LogP contribution in [0.15, 0.2) is 78.6 Å². The van der Waals surface area contributed by atoms with Crippen LogP contribution in [0.5, 0.6) is 5.75 Å². The SMILES string of the molecule is COc1ccc(COC(=O)C2=C(c3ccc[nH]3)C[S@](=O)[C@@H]3[C@H](NC(=O)Cc4ccccc4)C(=O)N23)cc1. The van der Waals surface area contributed by atoms with Gasteiger partial charge in [0.2, 0.25) is 5.91 Å². The van der Waals surface area contributed by atoms with Gasteiger partial charge in [-0.15, -0.1) is 0 Å². The molecule has 0 aliphatic carbocycles. The number of methoxy groups -OCH3 is 1. The Balaban J connectivity index is 1.36. The molecule has 0 spiro atoms. The molecule has 5 rings (SSSR count). The summed E-state index contributed by atoms with van der Waals surface area (Å²) in [5.74, 6) is -0.850. The van der Waals surface area contributed by atoms with Crippen molar-refractivity contribution < 1.29 is 28.1 Å². The number of fused-ring (bicyclic) bond motifs is 1. The van der Waals surface area contributed by atoms with Gasteiger partial charge in [0.05, 0.1) is 30.1 Å². The Labute approximate surface area is 215 Å². The van der Waals surface area contributed by atoms with Crippen LogP contribution in [0.4, 0.5) is 0 Å². The fourth-order valence-electron chi connectivity index (χ4n) is 4.44. The molecule has 1 saturated heterocycles. The van der Waals surface area contributed by atoms with E-state index in [0.29, 0.717) is 17.0 Å². The second kappa shape index (κ2) is 10.4. The second-order valence-electron chi connectivity index (χ2n) is 8.67. The van der Waals surface area contributed by atoms with E-state index in [4.69, 9.17) is 9.47 Å². The summed E-state index contributed by atoms with van der Waals surface area (Å²) in [6.45, 7) is -0.0165. The molecule has 3 aromatic rings. The van der Waals surface area contributed by atoms with Gasteiger partial charge >= 0.3 is 5.97 Å². The maximum Gasteiger partial charge on any atom is 0.355 e. The number of hydrogen-bond acceptors (Lipinski definition) is 6. The van der Waals surface area contributed by atoms with Gasteiger partial charge in [-0.1, -0.05) is 42.5 Å². The summed E-state index contributed by atoms with van der Waals surface area (Å²) in [4.78, 5) is 43.4. The summed E-state index contributed by atoms with van der Waals surface area (Å²) in [6.07, 6.45) is 1.77. The summed E-state index contributed by atoms with van der Waals surface area (Å²) < 4.78 is 23.9. The van der Waals surface area contributed by atoms with Crippen molar-refractivity contribution in [2.45, 2.75) is 24.4 Å². The number of aromatic nitrogens is 1. The van der Waals surface area contributed by atoms with Crippen LogP contribution in [0.1, 0.15) is 16.8 Å². The lowest BCUT2D eigenvalue weighted by Gasteiger charge is -2.49. The van der Waals surface area contributed by atoms with Crippen LogP contribution >= 0.6 is 0 Å². The molecule has 190 valence electrons. The third-order valence-corrected chi connectivity index (χ3v) is 7.89. The molecular formula is C27H25N3O6S. The van der Waals surface area contributed by atoms with Crippen molar-refractivity contribution in [3.63, 3.8) is 0 Å². The predicted molar refractivity (Wildman–Crippen MR) is 136 cm³/mol. The minimum atomic E-state index is -1.55. The van der Waals surface area contributed by atoms with Crippen LogP contribution in [0, 0.1) is 0 Å². The molecule has 3 atom stereocenters. The number of carbonyl (C=O) groups excluding carboxylic acids is 3. The monoisotopic (exact) mass is 519 g/mol. The lowest BCUT2D eigenvalue weighted by atomic mass is 10.0. The number of amides is 2. The van der Waals surface area contributed by atoms with Crippen molar-refractivity contribution in [1.82, 2.24) is 15.2 Å². The highest BCUT2D eigenvalue weighted by Crippen LogP contribution is 2.38. The van der Waals surface area contributed by atoms with E-state index < -0.39 is 34.1 Å². The average Bonchev–Trinajstić information content (AvgIpc) is 3.45. The maximum absolute atomic E-state index is 13.3. The Kier molecular flexibility index (Phi) is 6.91. The lowest BCUT2D eigenvalue weighted by molar-refractivity contribution is -0.153. The van der Waals surface area contributed by atoms with Gasteiger partial charge in [-0.2, -0.15) is 0 Å². The normalized spacial score (nSPS) is 20.6. The third kappa shape index (κ3) is 4.92. The Morgan fingerprint density at radius 1 is 1.05 bits per heavy atom. The topological polar surface area (TPSA) is 118 Å². The van der Waals surface area contributed by atoms with E-state index in [1.165, 1.54) is 4.90 Å². The number of nitrogens with zero attached hydrogens (tertiary/aromatic N) is 1. The number of ether oxygens (including phenoxy) is 2. The van der Waals surface area contributed by atoms with E-state index in [2.05, 4.69) is 10.3 Å². The number of benzene rings is 2. The van der Waals surface area contributed by atoms with Crippen molar-refractivity contribution in [3.05, 3.63) is 95.4 Å². The fraction of sp³-hybridized carbons (Fsp3) is 0.222. The van der Waals surface area contributed by atoms with E-state index in [9.17, 15) is 18.6 Å². The molecule has 9 nitrogen and oxygen atoms in total. The van der Waals surface area contributed by atoms with E-state index in [1.807, 2.05) is 30.3 Å². The average molecular weight is 520 g/mol. The highest BCUT2D eigenvalue weighted by atomic mass is 32.2. The zero-order chi connectivity index (χ0) is 25.9. The largest absolute Gasteiger partial charge is 0.497 e. The summed E-state index contributed by atoms with van der Waals surface area (Å²) >= 11 is 0. The quantitative estimate of drug-likeness (QED) is 0.348. The Morgan fingerprint density at radius 2 is 1.81 bits per heavy atom. The van der Waals surface area contributed by atoms with E-state index in [1.54, 1.807) is 49.7 Å². The van der Waals surface area contributed by atoms with E-state index in [-0.39, 0.29) is 30.4 Å². The number of H-pyrrole nitrogens is 1. The number of nitrogens with one attached hydrogen (secondary N) is 2. The van der Waals surface area contributed by atoms with Crippen molar-refractivity contribution in [2.24, 2.45) is 0 Å². The first-order valence-corrected chi connectivity index (χ1v) is 13.0. The molecule has 3 heterocycles. The number of aromatic amines is 1. The lowest BCUT2D eigenvalue weighted by Crippen LogP contribution is -2.73. The van der Waals surface area contributed by atoms with Gasteiger partial charge in [0.1, 0.15) is 29.5 Å². The molecule has 2 amide bonds. The van der Waals surface area contributed by atoms with Crippen LogP contribution in [0.25, 0.3) is 5.57 Å². The molecule has 0 unspecified atom stereocenters. The molecule has 2 aliphatic rings. The molecule has 2 aromatic carbocycles. The van der Waals surface area contributed by atoms with Gasteiger partial charge in [-0.3, -0.25) is 18.7 Å². The van der Waals surface area contributed by atoms with Crippen molar-refractivity contribution >= 4 is 34.2 Å². The molecular weight excluding hydrogens is 494 g/mol. The molecule has 10 heteroatoms. The summed E-state index contributed by atoms with van der Waals surface area (Å²) in [6, 6.07) is 18.7.